The fourth-order valence-corrected chi connectivity index (χ4v) is 5.72. The first-order valence-electron chi connectivity index (χ1n) is 8.29. The number of carbonyl (C=O) groups excluding carboxylic acids is 1. The zero-order valence-corrected chi connectivity index (χ0v) is 15.3. The number of amides is 1. The summed E-state index contributed by atoms with van der Waals surface area (Å²) in [5, 5.41) is 0. The van der Waals surface area contributed by atoms with Crippen LogP contribution in [0.1, 0.15) is 13.3 Å². The summed E-state index contributed by atoms with van der Waals surface area (Å²) in [5.41, 5.74) is -0.447. The maximum absolute atomic E-state index is 14.0. The van der Waals surface area contributed by atoms with Crippen molar-refractivity contribution in [2.75, 3.05) is 39.9 Å². The summed E-state index contributed by atoms with van der Waals surface area (Å²) in [6.07, 6.45) is 0.715. The van der Waals surface area contributed by atoms with E-state index in [1.54, 1.807) is 12.0 Å². The number of halogens is 1. The Morgan fingerprint density at radius 2 is 2.08 bits per heavy atom. The average molecular weight is 370 g/mol. The van der Waals surface area contributed by atoms with Crippen LogP contribution in [-0.4, -0.2) is 63.4 Å². The highest BCUT2D eigenvalue weighted by Crippen LogP contribution is 2.44. The summed E-state index contributed by atoms with van der Waals surface area (Å²) in [5.74, 6) is -0.683. The molecule has 2 fully saturated rings. The molecule has 2 aliphatic heterocycles. The van der Waals surface area contributed by atoms with Gasteiger partial charge in [0.15, 0.2) is 0 Å². The van der Waals surface area contributed by atoms with E-state index in [0.717, 1.165) is 6.07 Å². The van der Waals surface area contributed by atoms with E-state index in [1.807, 2.05) is 0 Å². The van der Waals surface area contributed by atoms with Crippen molar-refractivity contribution in [3.63, 3.8) is 0 Å². The topological polar surface area (TPSA) is 66.9 Å². The summed E-state index contributed by atoms with van der Waals surface area (Å²) in [7, 11) is -2.35. The van der Waals surface area contributed by atoms with Crippen LogP contribution in [0.4, 0.5) is 4.39 Å². The van der Waals surface area contributed by atoms with E-state index in [4.69, 9.17) is 4.74 Å². The summed E-state index contributed by atoms with van der Waals surface area (Å²) in [6.45, 7) is 3.51. The Kier molecular flexibility index (Phi) is 4.87. The van der Waals surface area contributed by atoms with E-state index in [1.165, 1.54) is 29.4 Å². The van der Waals surface area contributed by atoms with Gasteiger partial charge in [0.2, 0.25) is 15.9 Å². The summed E-state index contributed by atoms with van der Waals surface area (Å²) < 4.78 is 46.6. The van der Waals surface area contributed by atoms with Gasteiger partial charge in [0, 0.05) is 45.6 Å². The van der Waals surface area contributed by atoms with Gasteiger partial charge in [-0.1, -0.05) is 12.1 Å². The van der Waals surface area contributed by atoms with Crippen LogP contribution in [0.15, 0.2) is 29.2 Å². The SMILES string of the molecule is COC[C@@]12CN(C(C)=O)CC[C@@H]1CN(S(=O)(=O)c1ccccc1F)C2. The molecule has 1 aromatic carbocycles. The highest BCUT2D eigenvalue weighted by molar-refractivity contribution is 7.89. The summed E-state index contributed by atoms with van der Waals surface area (Å²) >= 11 is 0. The number of hydrogen-bond acceptors (Lipinski definition) is 4. The number of rotatable bonds is 4. The van der Waals surface area contributed by atoms with Gasteiger partial charge in [-0.05, 0) is 24.5 Å². The highest BCUT2D eigenvalue weighted by atomic mass is 32.2. The van der Waals surface area contributed by atoms with Gasteiger partial charge in [-0.25, -0.2) is 12.8 Å². The minimum Gasteiger partial charge on any atom is -0.384 e. The monoisotopic (exact) mass is 370 g/mol. The molecule has 0 aliphatic carbocycles. The molecule has 0 unspecified atom stereocenters. The molecule has 2 atom stereocenters. The highest BCUT2D eigenvalue weighted by Gasteiger charge is 2.53. The Bertz CT molecular complexity index is 770. The van der Waals surface area contributed by atoms with Gasteiger partial charge >= 0.3 is 0 Å². The third kappa shape index (κ3) is 3.18. The molecule has 1 amide bonds. The van der Waals surface area contributed by atoms with E-state index >= 15 is 0 Å². The molecule has 138 valence electrons. The van der Waals surface area contributed by atoms with Crippen LogP contribution < -0.4 is 0 Å². The predicted octanol–water partition coefficient (Wildman–Crippen LogP) is 1.33. The number of nitrogens with zero attached hydrogens (tertiary/aromatic N) is 2. The van der Waals surface area contributed by atoms with Gasteiger partial charge in [-0.2, -0.15) is 4.31 Å². The standard InChI is InChI=1S/C17H23FN2O4S/c1-13(21)19-8-7-14-9-20(11-17(14,10-19)12-24-2)25(22,23)16-6-4-3-5-15(16)18/h3-6,14H,7-12H2,1-2H3/t14-,17+/m1/s1. The lowest BCUT2D eigenvalue weighted by atomic mass is 9.74. The van der Waals surface area contributed by atoms with E-state index in [9.17, 15) is 17.6 Å². The lowest BCUT2D eigenvalue weighted by molar-refractivity contribution is -0.134. The zero-order chi connectivity index (χ0) is 18.2. The first kappa shape index (κ1) is 18.3. The van der Waals surface area contributed by atoms with E-state index in [0.29, 0.717) is 32.7 Å². The van der Waals surface area contributed by atoms with Gasteiger partial charge in [0.1, 0.15) is 10.7 Å². The van der Waals surface area contributed by atoms with Crippen molar-refractivity contribution in [2.45, 2.75) is 18.2 Å². The molecule has 25 heavy (non-hydrogen) atoms. The zero-order valence-electron chi connectivity index (χ0n) is 14.4. The third-order valence-corrected chi connectivity index (χ3v) is 7.21. The van der Waals surface area contributed by atoms with Gasteiger partial charge < -0.3 is 9.64 Å². The molecule has 6 nitrogen and oxygen atoms in total. The van der Waals surface area contributed by atoms with Crippen LogP contribution in [0.25, 0.3) is 0 Å². The van der Waals surface area contributed by atoms with E-state index in [2.05, 4.69) is 0 Å². The normalized spacial score (nSPS) is 27.3. The molecule has 0 spiro atoms. The van der Waals surface area contributed by atoms with Crippen LogP contribution in [0.2, 0.25) is 0 Å². The number of benzene rings is 1. The van der Waals surface area contributed by atoms with Crippen molar-refractivity contribution in [3.05, 3.63) is 30.1 Å². The maximum atomic E-state index is 14.0. The van der Waals surface area contributed by atoms with Crippen LogP contribution in [0, 0.1) is 17.2 Å². The summed E-state index contributed by atoms with van der Waals surface area (Å²) in [6, 6.07) is 5.42. The molecular formula is C17H23FN2O4S. The number of fused-ring (bicyclic) bond motifs is 1. The second-order valence-electron chi connectivity index (χ2n) is 6.95. The minimum atomic E-state index is -3.92. The Hall–Kier alpha value is -1.51. The number of methoxy groups -OCH3 is 1. The van der Waals surface area contributed by atoms with Crippen LogP contribution in [0.5, 0.6) is 0 Å². The second kappa shape index (κ2) is 6.66. The van der Waals surface area contributed by atoms with E-state index in [-0.39, 0.29) is 23.3 Å². The molecule has 0 radical (unpaired) electrons. The first-order valence-corrected chi connectivity index (χ1v) is 9.73. The van der Waals surface area contributed by atoms with Crippen LogP contribution in [-0.2, 0) is 19.6 Å². The minimum absolute atomic E-state index is 0.0238. The largest absolute Gasteiger partial charge is 0.384 e. The quantitative estimate of drug-likeness (QED) is 0.802. The smallest absolute Gasteiger partial charge is 0.246 e. The Labute approximate surface area is 147 Å². The van der Waals surface area contributed by atoms with Crippen LogP contribution >= 0.6 is 0 Å². The van der Waals surface area contributed by atoms with Gasteiger partial charge in [-0.15, -0.1) is 0 Å². The van der Waals surface area contributed by atoms with Crippen LogP contribution in [0.3, 0.4) is 0 Å². The molecule has 1 aromatic rings. The van der Waals surface area contributed by atoms with Gasteiger partial charge in [0.25, 0.3) is 0 Å². The Morgan fingerprint density at radius 1 is 1.36 bits per heavy atom. The van der Waals surface area contributed by atoms with Crippen molar-refractivity contribution in [2.24, 2.45) is 11.3 Å². The number of ether oxygens (including phenoxy) is 1. The molecule has 2 aliphatic rings. The maximum Gasteiger partial charge on any atom is 0.246 e. The lowest BCUT2D eigenvalue weighted by Gasteiger charge is -2.43. The number of carbonyl (C=O) groups is 1. The predicted molar refractivity (Wildman–Crippen MR) is 89.8 cm³/mol. The molecule has 0 N–H and O–H groups in total. The van der Waals surface area contributed by atoms with Gasteiger partial charge in [0.05, 0.1) is 6.61 Å². The average Bonchev–Trinajstić information content (AvgIpc) is 2.94. The molecule has 3 rings (SSSR count). The molecule has 8 heteroatoms. The number of hydrogen-bond donors (Lipinski definition) is 0. The Morgan fingerprint density at radius 3 is 2.72 bits per heavy atom. The van der Waals surface area contributed by atoms with Crippen molar-refractivity contribution < 1.29 is 22.3 Å². The fourth-order valence-electron chi connectivity index (χ4n) is 4.07. The third-order valence-electron chi connectivity index (χ3n) is 5.37. The number of sulfonamides is 1. The fraction of sp³-hybridized carbons (Fsp3) is 0.588. The van der Waals surface area contributed by atoms with Gasteiger partial charge in [-0.3, -0.25) is 4.79 Å². The molecule has 0 saturated carbocycles. The summed E-state index contributed by atoms with van der Waals surface area (Å²) in [4.78, 5) is 13.2. The molecule has 0 bridgehead atoms. The van der Waals surface area contributed by atoms with Crippen molar-refractivity contribution in [1.82, 2.24) is 9.21 Å². The number of piperidine rings is 1. The molecule has 2 saturated heterocycles. The second-order valence-corrected chi connectivity index (χ2v) is 8.86. The van der Waals surface area contributed by atoms with E-state index < -0.39 is 21.3 Å². The first-order chi connectivity index (χ1) is 11.8. The number of likely N-dealkylation sites (tertiary alicyclic amines) is 1. The molecule has 0 aromatic heterocycles. The molecular weight excluding hydrogens is 347 g/mol. The Balaban J connectivity index is 1.92. The molecule has 2 heterocycles. The van der Waals surface area contributed by atoms with Crippen molar-refractivity contribution >= 4 is 15.9 Å². The van der Waals surface area contributed by atoms with Crippen molar-refractivity contribution in [1.29, 1.82) is 0 Å². The van der Waals surface area contributed by atoms with Crippen molar-refractivity contribution in [3.8, 4) is 0 Å². The lowest BCUT2D eigenvalue weighted by Crippen LogP contribution is -2.52.